The molecule has 0 bridgehead atoms. The second-order valence-electron chi connectivity index (χ2n) is 10.3. The van der Waals surface area contributed by atoms with Crippen LogP contribution >= 0.6 is 0 Å². The van der Waals surface area contributed by atoms with Crippen molar-refractivity contribution < 1.29 is 19.1 Å². The van der Waals surface area contributed by atoms with Crippen LogP contribution in [0.2, 0.25) is 0 Å². The smallest absolute Gasteiger partial charge is 0.416 e. The Morgan fingerprint density at radius 3 is 2.27 bits per heavy atom. The minimum Gasteiger partial charge on any atom is -0.444 e. The molecule has 0 aliphatic carbocycles. The van der Waals surface area contributed by atoms with Crippen molar-refractivity contribution in [2.24, 2.45) is 5.92 Å². The second kappa shape index (κ2) is 9.23. The molecule has 7 nitrogen and oxygen atoms in total. The van der Waals surface area contributed by atoms with Gasteiger partial charge in [-0.3, -0.25) is 4.90 Å². The van der Waals surface area contributed by atoms with Crippen LogP contribution in [0.5, 0.6) is 0 Å². The van der Waals surface area contributed by atoms with E-state index in [1.165, 1.54) is 0 Å². The summed E-state index contributed by atoms with van der Waals surface area (Å²) in [6.45, 7) is 16.4. The molecule has 7 heteroatoms. The third-order valence-corrected chi connectivity index (χ3v) is 4.47. The van der Waals surface area contributed by atoms with Gasteiger partial charge in [0.15, 0.2) is 0 Å². The maximum absolute atomic E-state index is 12.7. The summed E-state index contributed by atoms with van der Waals surface area (Å²) in [7, 11) is 0. The van der Waals surface area contributed by atoms with Gasteiger partial charge in [0.25, 0.3) is 0 Å². The lowest BCUT2D eigenvalue weighted by atomic mass is 10.1. The van der Waals surface area contributed by atoms with E-state index in [-0.39, 0.29) is 18.1 Å². The molecule has 2 rings (SSSR count). The fourth-order valence-corrected chi connectivity index (χ4v) is 3.35. The number of carbonyl (C=O) groups excluding carboxylic acids is 2. The van der Waals surface area contributed by atoms with Crippen LogP contribution in [-0.4, -0.2) is 46.4 Å². The Morgan fingerprint density at radius 1 is 1.13 bits per heavy atom. The molecule has 1 aromatic rings. The van der Waals surface area contributed by atoms with Crippen LogP contribution < -0.4 is 4.90 Å². The van der Waals surface area contributed by atoms with Crippen LogP contribution in [0.25, 0.3) is 0 Å². The first-order valence-corrected chi connectivity index (χ1v) is 10.7. The summed E-state index contributed by atoms with van der Waals surface area (Å²) in [6, 6.07) is 3.70. The van der Waals surface area contributed by atoms with Gasteiger partial charge in [0.2, 0.25) is 0 Å². The number of likely N-dealkylation sites (tertiary alicyclic amines) is 1. The normalized spacial score (nSPS) is 17.2. The monoisotopic (exact) mass is 419 g/mol. The summed E-state index contributed by atoms with van der Waals surface area (Å²) >= 11 is 0. The van der Waals surface area contributed by atoms with Crippen molar-refractivity contribution in [3.05, 3.63) is 23.9 Å². The average Bonchev–Trinajstić information content (AvgIpc) is 3.06. The molecular weight excluding hydrogens is 382 g/mol. The molecule has 1 aromatic heterocycles. The molecule has 1 atom stereocenters. The number of ether oxygens (including phenoxy) is 2. The fourth-order valence-electron chi connectivity index (χ4n) is 3.35. The zero-order valence-corrected chi connectivity index (χ0v) is 19.7. The third kappa shape index (κ3) is 6.89. The Hall–Kier alpha value is -2.31. The van der Waals surface area contributed by atoms with Crippen molar-refractivity contribution in [2.45, 2.75) is 85.5 Å². The van der Waals surface area contributed by atoms with Crippen molar-refractivity contribution >= 4 is 18.0 Å². The summed E-state index contributed by atoms with van der Waals surface area (Å²) in [5.74, 6) is 0.806. The van der Waals surface area contributed by atoms with Crippen LogP contribution in [0.3, 0.4) is 0 Å². The number of carbonyl (C=O) groups is 2. The van der Waals surface area contributed by atoms with Gasteiger partial charge < -0.3 is 14.4 Å². The summed E-state index contributed by atoms with van der Waals surface area (Å²) in [5.41, 5.74) is -0.169. The SMILES string of the molecule is CC(C)CN(C(=O)OC(C)(C)C)c1ccc(C2CCCN2C(=O)OC(C)(C)C)cn1. The zero-order valence-electron chi connectivity index (χ0n) is 19.7. The van der Waals surface area contributed by atoms with Gasteiger partial charge in [-0.15, -0.1) is 0 Å². The van der Waals surface area contributed by atoms with E-state index in [0.29, 0.717) is 18.9 Å². The van der Waals surface area contributed by atoms with Crippen molar-refractivity contribution in [3.8, 4) is 0 Å². The predicted octanol–water partition coefficient (Wildman–Crippen LogP) is 5.55. The van der Waals surface area contributed by atoms with Gasteiger partial charge in [0.05, 0.1) is 6.04 Å². The van der Waals surface area contributed by atoms with Crippen molar-refractivity contribution in [1.29, 1.82) is 0 Å². The van der Waals surface area contributed by atoms with Crippen molar-refractivity contribution in [3.63, 3.8) is 0 Å². The lowest BCUT2D eigenvalue weighted by Crippen LogP contribution is -2.39. The highest BCUT2D eigenvalue weighted by atomic mass is 16.6. The molecule has 0 saturated carbocycles. The molecule has 2 heterocycles. The van der Waals surface area contributed by atoms with Crippen LogP contribution in [-0.2, 0) is 9.47 Å². The molecule has 30 heavy (non-hydrogen) atoms. The number of nitrogens with zero attached hydrogens (tertiary/aromatic N) is 3. The Kier molecular flexibility index (Phi) is 7.37. The first kappa shape index (κ1) is 24.0. The van der Waals surface area contributed by atoms with Gasteiger partial charge in [-0.25, -0.2) is 14.6 Å². The molecule has 0 spiro atoms. The number of anilines is 1. The van der Waals surface area contributed by atoms with Gasteiger partial charge in [-0.2, -0.15) is 0 Å². The van der Waals surface area contributed by atoms with E-state index in [2.05, 4.69) is 4.98 Å². The van der Waals surface area contributed by atoms with Crippen molar-refractivity contribution in [2.75, 3.05) is 18.0 Å². The first-order valence-electron chi connectivity index (χ1n) is 10.7. The molecule has 2 amide bonds. The summed E-state index contributed by atoms with van der Waals surface area (Å²) in [4.78, 5) is 33.2. The quantitative estimate of drug-likeness (QED) is 0.640. The second-order valence-corrected chi connectivity index (χ2v) is 10.3. The van der Waals surface area contributed by atoms with Gasteiger partial charge in [-0.05, 0) is 71.9 Å². The lowest BCUT2D eigenvalue weighted by Gasteiger charge is -2.29. The maximum atomic E-state index is 12.7. The van der Waals surface area contributed by atoms with E-state index >= 15 is 0 Å². The summed E-state index contributed by atoms with van der Waals surface area (Å²) in [6.07, 6.45) is 2.82. The number of hydrogen-bond donors (Lipinski definition) is 0. The summed E-state index contributed by atoms with van der Waals surface area (Å²) in [5, 5.41) is 0. The molecule has 1 aliphatic rings. The molecule has 1 unspecified atom stereocenters. The van der Waals surface area contributed by atoms with Crippen molar-refractivity contribution in [1.82, 2.24) is 9.88 Å². The topological polar surface area (TPSA) is 72.0 Å². The number of rotatable bonds is 4. The molecular formula is C23H37N3O4. The minimum atomic E-state index is -0.579. The molecule has 0 N–H and O–H groups in total. The van der Waals surface area contributed by atoms with Crippen LogP contribution in [0, 0.1) is 5.92 Å². The molecule has 0 radical (unpaired) electrons. The standard InChI is InChI=1S/C23H37N3O4/c1-16(2)15-26(21(28)30-23(6,7)8)19-12-11-17(14-24-19)18-10-9-13-25(18)20(27)29-22(3,4)5/h11-12,14,16,18H,9-10,13,15H2,1-8H3. The summed E-state index contributed by atoms with van der Waals surface area (Å²) < 4.78 is 11.1. The highest BCUT2D eigenvalue weighted by Crippen LogP contribution is 2.33. The average molecular weight is 420 g/mol. The Labute approximate surface area is 180 Å². The van der Waals surface area contributed by atoms with Crippen LogP contribution in [0.4, 0.5) is 15.4 Å². The zero-order chi connectivity index (χ0) is 22.7. The van der Waals surface area contributed by atoms with E-state index in [1.807, 2.05) is 67.5 Å². The van der Waals surface area contributed by atoms with Gasteiger partial charge in [0, 0.05) is 19.3 Å². The fraction of sp³-hybridized carbons (Fsp3) is 0.696. The first-order chi connectivity index (χ1) is 13.8. The number of amides is 2. The molecule has 1 fully saturated rings. The molecule has 168 valence electrons. The Balaban J connectivity index is 2.20. The highest BCUT2D eigenvalue weighted by Gasteiger charge is 2.33. The van der Waals surface area contributed by atoms with Crippen LogP contribution in [0.15, 0.2) is 18.3 Å². The van der Waals surface area contributed by atoms with E-state index in [1.54, 1.807) is 16.0 Å². The molecule has 0 aromatic carbocycles. The van der Waals surface area contributed by atoms with Gasteiger partial charge in [0.1, 0.15) is 17.0 Å². The minimum absolute atomic E-state index is 0.0681. The van der Waals surface area contributed by atoms with Gasteiger partial charge >= 0.3 is 12.2 Å². The van der Waals surface area contributed by atoms with E-state index in [4.69, 9.17) is 9.47 Å². The Morgan fingerprint density at radius 2 is 1.77 bits per heavy atom. The van der Waals surface area contributed by atoms with E-state index < -0.39 is 17.3 Å². The van der Waals surface area contributed by atoms with E-state index in [9.17, 15) is 9.59 Å². The number of pyridine rings is 1. The molecule has 1 aliphatic heterocycles. The van der Waals surface area contributed by atoms with Crippen LogP contribution in [0.1, 0.15) is 79.8 Å². The molecule has 1 saturated heterocycles. The third-order valence-electron chi connectivity index (χ3n) is 4.47. The number of aromatic nitrogens is 1. The van der Waals surface area contributed by atoms with Gasteiger partial charge in [-0.1, -0.05) is 19.9 Å². The Bertz CT molecular complexity index is 732. The number of hydrogen-bond acceptors (Lipinski definition) is 5. The van der Waals surface area contributed by atoms with E-state index in [0.717, 1.165) is 18.4 Å². The lowest BCUT2D eigenvalue weighted by molar-refractivity contribution is 0.0224. The largest absolute Gasteiger partial charge is 0.444 e. The highest BCUT2D eigenvalue weighted by molar-refractivity contribution is 5.86. The predicted molar refractivity (Wildman–Crippen MR) is 118 cm³/mol. The maximum Gasteiger partial charge on any atom is 0.416 e.